The number of carbonyl (C=O) groups excluding carboxylic acids is 1. The van der Waals surface area contributed by atoms with Crippen LogP contribution in [0.1, 0.15) is 34.6 Å². The minimum Gasteiger partial charge on any atom is -0.344 e. The molecule has 2 N–H and O–H groups in total. The summed E-state index contributed by atoms with van der Waals surface area (Å²) in [6, 6.07) is 17.6. The molecule has 1 heterocycles. The Morgan fingerprint density at radius 2 is 1.68 bits per heavy atom. The van der Waals surface area contributed by atoms with E-state index in [4.69, 9.17) is 0 Å². The van der Waals surface area contributed by atoms with Crippen molar-refractivity contribution in [3.8, 4) is 0 Å². The molecule has 2 aromatic carbocycles. The fraction of sp³-hybridized carbons (Fsp3) is 0.150. The largest absolute Gasteiger partial charge is 0.344 e. The molecule has 1 unspecified atom stereocenters. The van der Waals surface area contributed by atoms with Gasteiger partial charge < -0.3 is 10.6 Å². The van der Waals surface area contributed by atoms with Crippen LogP contribution in [0.2, 0.25) is 0 Å². The van der Waals surface area contributed by atoms with Crippen LogP contribution in [-0.4, -0.2) is 15.9 Å². The van der Waals surface area contributed by atoms with Crippen molar-refractivity contribution < 1.29 is 4.79 Å². The highest BCUT2D eigenvalue weighted by atomic mass is 16.1. The molecule has 0 saturated carbocycles. The van der Waals surface area contributed by atoms with E-state index in [1.165, 1.54) is 6.20 Å². The van der Waals surface area contributed by atoms with Gasteiger partial charge in [-0.1, -0.05) is 48.5 Å². The molecule has 0 radical (unpaired) electrons. The number of rotatable bonds is 5. The van der Waals surface area contributed by atoms with Crippen LogP contribution in [-0.2, 0) is 0 Å². The molecule has 0 aliphatic heterocycles. The number of aryl methyl sites for hydroxylation is 1. The van der Waals surface area contributed by atoms with Gasteiger partial charge in [-0.15, -0.1) is 0 Å². The van der Waals surface area contributed by atoms with Crippen LogP contribution in [0.15, 0.2) is 67.0 Å². The van der Waals surface area contributed by atoms with Gasteiger partial charge in [0.1, 0.15) is 11.5 Å². The monoisotopic (exact) mass is 332 g/mol. The Balaban J connectivity index is 1.65. The van der Waals surface area contributed by atoms with Gasteiger partial charge in [0.15, 0.2) is 0 Å². The van der Waals surface area contributed by atoms with Crippen LogP contribution in [0.5, 0.6) is 0 Å². The minimum atomic E-state index is -0.244. The van der Waals surface area contributed by atoms with E-state index in [0.717, 1.165) is 16.8 Å². The highest BCUT2D eigenvalue weighted by Gasteiger charge is 2.13. The van der Waals surface area contributed by atoms with Gasteiger partial charge in [0.05, 0.1) is 18.4 Å². The molecule has 3 rings (SSSR count). The van der Waals surface area contributed by atoms with Gasteiger partial charge >= 0.3 is 0 Å². The zero-order valence-electron chi connectivity index (χ0n) is 14.2. The third-order valence-corrected chi connectivity index (χ3v) is 3.94. The Hall–Kier alpha value is -3.21. The summed E-state index contributed by atoms with van der Waals surface area (Å²) in [4.78, 5) is 20.8. The number of nitrogens with zero attached hydrogens (tertiary/aromatic N) is 2. The molecule has 0 bridgehead atoms. The van der Waals surface area contributed by atoms with Crippen molar-refractivity contribution in [2.24, 2.45) is 0 Å². The predicted octanol–water partition coefficient (Wildman–Crippen LogP) is 4.02. The fourth-order valence-electron chi connectivity index (χ4n) is 2.46. The van der Waals surface area contributed by atoms with Crippen LogP contribution in [0.4, 0.5) is 11.5 Å². The Morgan fingerprint density at radius 3 is 2.36 bits per heavy atom. The molecular formula is C20H20N4O. The third kappa shape index (κ3) is 4.20. The summed E-state index contributed by atoms with van der Waals surface area (Å²) in [5.41, 5.74) is 3.41. The molecule has 5 nitrogen and oxygen atoms in total. The lowest BCUT2D eigenvalue weighted by Gasteiger charge is -2.14. The summed E-state index contributed by atoms with van der Waals surface area (Å²) in [5.74, 6) is 0.355. The number of amides is 1. The number of hydrogen-bond acceptors (Lipinski definition) is 4. The minimum absolute atomic E-state index is 0.0970. The van der Waals surface area contributed by atoms with Crippen molar-refractivity contribution in [1.29, 1.82) is 0 Å². The zero-order valence-corrected chi connectivity index (χ0v) is 14.2. The molecule has 0 aliphatic rings. The summed E-state index contributed by atoms with van der Waals surface area (Å²) in [6.07, 6.45) is 3.04. The number of carbonyl (C=O) groups is 1. The normalized spacial score (nSPS) is 11.6. The molecule has 25 heavy (non-hydrogen) atoms. The maximum atomic E-state index is 12.3. The predicted molar refractivity (Wildman–Crippen MR) is 98.8 cm³/mol. The molecule has 0 fully saturated rings. The fourth-order valence-corrected chi connectivity index (χ4v) is 2.46. The van der Waals surface area contributed by atoms with Gasteiger partial charge in [0.2, 0.25) is 0 Å². The molecule has 126 valence electrons. The van der Waals surface area contributed by atoms with Crippen molar-refractivity contribution >= 4 is 17.4 Å². The molecule has 0 saturated heterocycles. The molecule has 1 aromatic heterocycles. The first kappa shape index (κ1) is 16.6. The van der Waals surface area contributed by atoms with E-state index in [9.17, 15) is 4.79 Å². The van der Waals surface area contributed by atoms with Gasteiger partial charge in [-0.2, -0.15) is 0 Å². The maximum Gasteiger partial charge on any atom is 0.271 e. The highest BCUT2D eigenvalue weighted by Crippen LogP contribution is 2.18. The molecule has 5 heteroatoms. The average molecular weight is 332 g/mol. The number of benzene rings is 2. The first-order chi connectivity index (χ1) is 12.1. The van der Waals surface area contributed by atoms with Crippen LogP contribution in [0.25, 0.3) is 0 Å². The van der Waals surface area contributed by atoms with E-state index in [1.807, 2.05) is 68.4 Å². The number of para-hydroxylation sites is 1. The lowest BCUT2D eigenvalue weighted by Crippen LogP contribution is -2.27. The van der Waals surface area contributed by atoms with E-state index in [2.05, 4.69) is 20.6 Å². The number of hydrogen-bond donors (Lipinski definition) is 2. The van der Waals surface area contributed by atoms with Gasteiger partial charge in [0.25, 0.3) is 5.91 Å². The topological polar surface area (TPSA) is 66.9 Å². The van der Waals surface area contributed by atoms with Crippen molar-refractivity contribution in [1.82, 2.24) is 15.3 Å². The molecule has 3 aromatic rings. The van der Waals surface area contributed by atoms with Crippen LogP contribution in [0, 0.1) is 6.92 Å². The van der Waals surface area contributed by atoms with E-state index in [-0.39, 0.29) is 17.6 Å². The third-order valence-electron chi connectivity index (χ3n) is 3.94. The first-order valence-corrected chi connectivity index (χ1v) is 8.14. The zero-order chi connectivity index (χ0) is 17.6. The van der Waals surface area contributed by atoms with Gasteiger partial charge in [-0.25, -0.2) is 9.97 Å². The van der Waals surface area contributed by atoms with Crippen LogP contribution >= 0.6 is 0 Å². The average Bonchev–Trinajstić information content (AvgIpc) is 2.65. The van der Waals surface area contributed by atoms with Crippen molar-refractivity contribution in [3.05, 3.63) is 83.8 Å². The van der Waals surface area contributed by atoms with Gasteiger partial charge in [-0.05, 0) is 31.0 Å². The lowest BCUT2D eigenvalue weighted by molar-refractivity contribution is 0.0934. The molecule has 0 spiro atoms. The highest BCUT2D eigenvalue weighted by molar-refractivity contribution is 5.92. The lowest BCUT2D eigenvalue weighted by atomic mass is 10.1. The van der Waals surface area contributed by atoms with E-state index >= 15 is 0 Å². The summed E-state index contributed by atoms with van der Waals surface area (Å²) in [7, 11) is 0. The Labute approximate surface area is 147 Å². The number of nitrogens with one attached hydrogen (secondary N) is 2. The number of aromatic nitrogens is 2. The standard InChI is InChI=1S/C20H20N4O/c1-14-8-6-7-11-17(14)24-19-13-21-18(12-22-19)20(25)23-15(2)16-9-4-3-5-10-16/h3-13,15H,1-2H3,(H,22,24)(H,23,25). The second kappa shape index (κ2) is 7.57. The van der Waals surface area contributed by atoms with E-state index < -0.39 is 0 Å². The van der Waals surface area contributed by atoms with Crippen molar-refractivity contribution in [2.45, 2.75) is 19.9 Å². The Bertz CT molecular complexity index is 847. The summed E-state index contributed by atoms with van der Waals surface area (Å²) in [5, 5.41) is 6.13. The second-order valence-electron chi connectivity index (χ2n) is 5.83. The summed E-state index contributed by atoms with van der Waals surface area (Å²) < 4.78 is 0. The SMILES string of the molecule is Cc1ccccc1Nc1cnc(C(=O)NC(C)c2ccccc2)cn1. The first-order valence-electron chi connectivity index (χ1n) is 8.14. The van der Waals surface area contributed by atoms with Crippen molar-refractivity contribution in [3.63, 3.8) is 0 Å². The summed E-state index contributed by atoms with van der Waals surface area (Å²) >= 11 is 0. The van der Waals surface area contributed by atoms with E-state index in [1.54, 1.807) is 6.20 Å². The van der Waals surface area contributed by atoms with Crippen molar-refractivity contribution in [2.75, 3.05) is 5.32 Å². The molecule has 1 amide bonds. The summed E-state index contributed by atoms with van der Waals surface area (Å²) in [6.45, 7) is 3.96. The smallest absolute Gasteiger partial charge is 0.271 e. The molecule has 0 aliphatic carbocycles. The molecular weight excluding hydrogens is 312 g/mol. The van der Waals surface area contributed by atoms with E-state index in [0.29, 0.717) is 5.82 Å². The second-order valence-corrected chi connectivity index (χ2v) is 5.83. The Morgan fingerprint density at radius 1 is 0.960 bits per heavy atom. The molecule has 1 atom stereocenters. The quantitative estimate of drug-likeness (QED) is 0.740. The van der Waals surface area contributed by atoms with Gasteiger partial charge in [-0.3, -0.25) is 4.79 Å². The maximum absolute atomic E-state index is 12.3. The van der Waals surface area contributed by atoms with Gasteiger partial charge in [0, 0.05) is 5.69 Å². The Kier molecular flexibility index (Phi) is 5.04. The number of anilines is 2. The van der Waals surface area contributed by atoms with Crippen LogP contribution < -0.4 is 10.6 Å². The van der Waals surface area contributed by atoms with Crippen LogP contribution in [0.3, 0.4) is 0 Å².